The van der Waals surface area contributed by atoms with Gasteiger partial charge in [0, 0.05) is 69.9 Å². The number of nitrogens with zero attached hydrogens (tertiary/aromatic N) is 7. The third kappa shape index (κ3) is 6.74. The topological polar surface area (TPSA) is 183 Å². The number of carbonyl (C=O) groups excluding carboxylic acids is 4. The lowest BCUT2D eigenvalue weighted by Crippen LogP contribution is -2.49. The molecule has 2 aromatic carbocycles. The van der Waals surface area contributed by atoms with E-state index in [-0.39, 0.29) is 29.6 Å². The molecular formula is C40H46N10O5. The predicted molar refractivity (Wildman–Crippen MR) is 204 cm³/mol. The van der Waals surface area contributed by atoms with Crippen molar-refractivity contribution in [2.45, 2.75) is 88.4 Å². The number of hydrogen-bond acceptors (Lipinski definition) is 11. The minimum atomic E-state index is -0.651. The molecule has 1 aliphatic carbocycles. The smallest absolute Gasteiger partial charge is 0.320 e. The average Bonchev–Trinajstić information content (AvgIpc) is 3.90. The second-order valence-electron chi connectivity index (χ2n) is 15.8. The van der Waals surface area contributed by atoms with Crippen molar-refractivity contribution < 1.29 is 23.7 Å². The van der Waals surface area contributed by atoms with Gasteiger partial charge in [-0.25, -0.2) is 14.8 Å². The van der Waals surface area contributed by atoms with E-state index < -0.39 is 11.8 Å². The zero-order valence-corrected chi connectivity index (χ0v) is 31.0. The van der Waals surface area contributed by atoms with Crippen LogP contribution >= 0.6 is 0 Å². The molecule has 0 spiro atoms. The van der Waals surface area contributed by atoms with E-state index in [9.17, 15) is 19.2 Å². The number of nitrogens with one attached hydrogen (secondary N) is 2. The maximum Gasteiger partial charge on any atom is 0.320 e. The number of primary amides is 1. The highest BCUT2D eigenvalue weighted by atomic mass is 16.5. The van der Waals surface area contributed by atoms with Crippen LogP contribution in [0.15, 0.2) is 47.1 Å². The van der Waals surface area contributed by atoms with E-state index in [1.807, 2.05) is 24.1 Å². The molecule has 0 radical (unpaired) electrons. The molecule has 4 aliphatic heterocycles. The van der Waals surface area contributed by atoms with Gasteiger partial charge in [-0.3, -0.25) is 24.6 Å². The van der Waals surface area contributed by atoms with Gasteiger partial charge in [-0.05, 0) is 91.8 Å². The maximum atomic E-state index is 12.7. The molecular weight excluding hydrogens is 701 g/mol. The number of anilines is 3. The quantitative estimate of drug-likeness (QED) is 0.218. The average molecular weight is 747 g/mol. The molecule has 286 valence electrons. The zero-order chi connectivity index (χ0) is 37.8. The third-order valence-electron chi connectivity index (χ3n) is 12.4. The molecule has 5 amide bonds. The summed E-state index contributed by atoms with van der Waals surface area (Å²) in [6.45, 7) is 4.62. The molecule has 4 fully saturated rings. The summed E-state index contributed by atoms with van der Waals surface area (Å²) in [6, 6.07) is 13.2. The van der Waals surface area contributed by atoms with Crippen LogP contribution in [0.2, 0.25) is 0 Å². The molecule has 0 bridgehead atoms. The number of imide groups is 1. The zero-order valence-electron chi connectivity index (χ0n) is 31.0. The van der Waals surface area contributed by atoms with Gasteiger partial charge in [0.15, 0.2) is 17.1 Å². The molecule has 55 heavy (non-hydrogen) atoms. The van der Waals surface area contributed by atoms with Crippen molar-refractivity contribution in [1.29, 1.82) is 0 Å². The first kappa shape index (κ1) is 35.2. The summed E-state index contributed by atoms with van der Waals surface area (Å²) in [4.78, 5) is 66.9. The van der Waals surface area contributed by atoms with Gasteiger partial charge in [0.25, 0.3) is 5.91 Å². The Kier molecular flexibility index (Phi) is 9.11. The first-order valence-corrected chi connectivity index (χ1v) is 19.5. The second-order valence-corrected chi connectivity index (χ2v) is 15.8. The van der Waals surface area contributed by atoms with Gasteiger partial charge in [-0.1, -0.05) is 17.3 Å². The van der Waals surface area contributed by atoms with Gasteiger partial charge < -0.3 is 30.3 Å². The largest absolute Gasteiger partial charge is 0.364 e. The molecule has 15 heteroatoms. The number of carbonyl (C=O) groups is 4. The minimum absolute atomic E-state index is 0.0673. The fourth-order valence-electron chi connectivity index (χ4n) is 9.32. The number of urea groups is 1. The normalized spacial score (nSPS) is 24.7. The van der Waals surface area contributed by atoms with Crippen molar-refractivity contribution in [3.05, 3.63) is 70.7 Å². The summed E-state index contributed by atoms with van der Waals surface area (Å²) >= 11 is 0. The van der Waals surface area contributed by atoms with Gasteiger partial charge in [-0.2, -0.15) is 0 Å². The molecule has 6 heterocycles. The number of piperidine rings is 2. The van der Waals surface area contributed by atoms with Crippen LogP contribution in [0.1, 0.15) is 96.1 Å². The summed E-state index contributed by atoms with van der Waals surface area (Å²) in [5.74, 6) is -0.245. The first-order valence-electron chi connectivity index (χ1n) is 19.5. The molecule has 2 aromatic heterocycles. The van der Waals surface area contributed by atoms with Crippen molar-refractivity contribution >= 4 is 52.0 Å². The first-order chi connectivity index (χ1) is 26.7. The standard InChI is InChI=1S/C40H46N10O5/c1-47-15-16-50(40(47)54)29-3-2-14-48(22-29)33-19-42-36(37(41)52)38(44-33)43-27-8-4-23(5-9-27)24-6-10-28(11-7-24)49-20-25-17-31-32(18-26(25)21-49)55-46-35(31)30-12-13-34(51)45-39(30)53/h4-5,8-9,17-19,24,28-30H,2-3,6-7,10-16,20-22H2,1H3,(H2,41,52)(H,43,44)(H,45,51,53)/t24-,28+,29-,30?/m1/s1. The fourth-order valence-corrected chi connectivity index (χ4v) is 9.32. The minimum Gasteiger partial charge on any atom is -0.364 e. The number of amides is 5. The molecule has 15 nitrogen and oxygen atoms in total. The second kappa shape index (κ2) is 14.3. The van der Waals surface area contributed by atoms with E-state index in [1.165, 1.54) is 16.7 Å². The molecule has 5 aliphatic rings. The van der Waals surface area contributed by atoms with E-state index >= 15 is 0 Å². The SMILES string of the molecule is CN1CCN([C@@H]2CCCN(c3cnc(C(N)=O)c(Nc4ccc([C@H]5CC[C@@H](N6Cc7cc8onc(C9CCC(=O)NC9=O)c8cc7C6)CC5)cc4)n3)C2)C1=O. The molecule has 3 saturated heterocycles. The molecule has 4 N–H and O–H groups in total. The third-order valence-corrected chi connectivity index (χ3v) is 12.4. The summed E-state index contributed by atoms with van der Waals surface area (Å²) in [6.07, 6.45) is 8.59. The fraction of sp³-hybridized carbons (Fsp3) is 0.475. The Morgan fingerprint density at radius 2 is 1.73 bits per heavy atom. The number of likely N-dealkylation sites (N-methyl/N-ethyl adjacent to an activating group) is 1. The highest BCUT2D eigenvalue weighted by molar-refractivity contribution is 6.02. The van der Waals surface area contributed by atoms with Gasteiger partial charge >= 0.3 is 6.03 Å². The maximum absolute atomic E-state index is 12.7. The number of hydrogen-bond donors (Lipinski definition) is 3. The van der Waals surface area contributed by atoms with E-state index in [0.29, 0.717) is 54.3 Å². The van der Waals surface area contributed by atoms with Crippen molar-refractivity contribution in [2.75, 3.05) is 43.4 Å². The van der Waals surface area contributed by atoms with Crippen LogP contribution in [0.4, 0.5) is 22.1 Å². The van der Waals surface area contributed by atoms with Crippen LogP contribution in [0.3, 0.4) is 0 Å². The van der Waals surface area contributed by atoms with Crippen molar-refractivity contribution in [1.82, 2.24) is 35.1 Å². The van der Waals surface area contributed by atoms with Gasteiger partial charge in [0.2, 0.25) is 11.8 Å². The molecule has 9 rings (SSSR count). The van der Waals surface area contributed by atoms with Crippen molar-refractivity contribution in [3.8, 4) is 0 Å². The predicted octanol–water partition coefficient (Wildman–Crippen LogP) is 4.36. The number of benzene rings is 2. The molecule has 4 aromatic rings. The molecule has 1 unspecified atom stereocenters. The van der Waals surface area contributed by atoms with Crippen LogP contribution < -0.4 is 21.3 Å². The summed E-state index contributed by atoms with van der Waals surface area (Å²) in [5.41, 5.74) is 11.7. The van der Waals surface area contributed by atoms with Crippen LogP contribution in [0.5, 0.6) is 0 Å². The van der Waals surface area contributed by atoms with Crippen LogP contribution in [0, 0.1) is 0 Å². The Labute approximate surface area is 318 Å². The lowest BCUT2D eigenvalue weighted by molar-refractivity contribution is -0.134. The van der Waals surface area contributed by atoms with E-state index in [2.05, 4.69) is 54.8 Å². The van der Waals surface area contributed by atoms with Gasteiger partial charge in [-0.15, -0.1) is 0 Å². The van der Waals surface area contributed by atoms with Crippen molar-refractivity contribution in [3.63, 3.8) is 0 Å². The summed E-state index contributed by atoms with van der Waals surface area (Å²) in [5, 5.41) is 10.9. The van der Waals surface area contributed by atoms with Crippen molar-refractivity contribution in [2.24, 2.45) is 5.73 Å². The monoisotopic (exact) mass is 746 g/mol. The lowest BCUT2D eigenvalue weighted by atomic mass is 9.81. The van der Waals surface area contributed by atoms with Gasteiger partial charge in [0.05, 0.1) is 18.2 Å². The van der Waals surface area contributed by atoms with Gasteiger partial charge in [0.1, 0.15) is 11.5 Å². The summed E-state index contributed by atoms with van der Waals surface area (Å²) < 4.78 is 5.68. The Balaban J connectivity index is 0.822. The van der Waals surface area contributed by atoms with E-state index in [1.54, 1.807) is 11.1 Å². The molecule has 1 saturated carbocycles. The van der Waals surface area contributed by atoms with Crippen LogP contribution in [-0.2, 0) is 22.7 Å². The highest BCUT2D eigenvalue weighted by Crippen LogP contribution is 2.40. The number of nitrogens with two attached hydrogens (primary N) is 1. The van der Waals surface area contributed by atoms with Crippen LogP contribution in [0.25, 0.3) is 11.0 Å². The number of rotatable bonds is 8. The van der Waals surface area contributed by atoms with E-state index in [0.717, 1.165) is 82.3 Å². The molecule has 2 atom stereocenters. The number of aromatic nitrogens is 3. The Hall–Kier alpha value is -5.57. The summed E-state index contributed by atoms with van der Waals surface area (Å²) in [7, 11) is 1.84. The number of fused-ring (bicyclic) bond motifs is 2. The Morgan fingerprint density at radius 3 is 2.45 bits per heavy atom. The Bertz CT molecular complexity index is 2160. The highest BCUT2D eigenvalue weighted by Gasteiger charge is 2.36. The van der Waals surface area contributed by atoms with E-state index in [4.69, 9.17) is 15.2 Å². The van der Waals surface area contributed by atoms with Crippen LogP contribution in [-0.4, -0.2) is 98.9 Å². The lowest BCUT2D eigenvalue weighted by Gasteiger charge is -2.37. The Morgan fingerprint density at radius 1 is 0.945 bits per heavy atom.